The van der Waals surface area contributed by atoms with E-state index in [1.165, 1.54) is 6.07 Å². The minimum atomic E-state index is -0.453. The fourth-order valence-electron chi connectivity index (χ4n) is 3.32. The molecule has 2 N–H and O–H groups in total. The number of fused-ring (bicyclic) bond motifs is 2. The summed E-state index contributed by atoms with van der Waals surface area (Å²) in [7, 11) is 0. The maximum Gasteiger partial charge on any atom is 0.287 e. The number of carbonyl (C=O) groups excluding carboxylic acids is 1. The van der Waals surface area contributed by atoms with Crippen molar-refractivity contribution < 1.29 is 9.21 Å². The molecule has 1 amide bonds. The van der Waals surface area contributed by atoms with Gasteiger partial charge in [-0.2, -0.15) is 5.10 Å². The molecule has 10 heteroatoms. The normalized spacial score (nSPS) is 11.4. The van der Waals surface area contributed by atoms with Gasteiger partial charge in [-0.15, -0.1) is 0 Å². The van der Waals surface area contributed by atoms with Crippen molar-refractivity contribution in [2.45, 2.75) is 44.1 Å². The molecule has 0 aliphatic heterocycles. The summed E-state index contributed by atoms with van der Waals surface area (Å²) in [5.41, 5.74) is 0.838. The molecular formula is C23H26N6O3S. The summed E-state index contributed by atoms with van der Waals surface area (Å²) in [6, 6.07) is 8.07. The Labute approximate surface area is 195 Å². The van der Waals surface area contributed by atoms with Crippen LogP contribution in [0.2, 0.25) is 0 Å². The van der Waals surface area contributed by atoms with Gasteiger partial charge in [0.15, 0.2) is 22.0 Å². The lowest BCUT2D eigenvalue weighted by Crippen LogP contribution is -2.28. The van der Waals surface area contributed by atoms with Gasteiger partial charge in [0.1, 0.15) is 11.4 Å². The Morgan fingerprint density at radius 1 is 1.18 bits per heavy atom. The molecular weight excluding hydrogens is 440 g/mol. The van der Waals surface area contributed by atoms with Crippen LogP contribution in [0.4, 0.5) is 5.82 Å². The van der Waals surface area contributed by atoms with Crippen molar-refractivity contribution in [1.29, 1.82) is 0 Å². The molecule has 3 aromatic heterocycles. The van der Waals surface area contributed by atoms with Gasteiger partial charge >= 0.3 is 0 Å². The molecule has 0 spiro atoms. The Balaban J connectivity index is 1.51. The molecule has 33 heavy (non-hydrogen) atoms. The maximum atomic E-state index is 12.6. The zero-order valence-electron chi connectivity index (χ0n) is 18.8. The van der Waals surface area contributed by atoms with Crippen molar-refractivity contribution in [2.75, 3.05) is 18.4 Å². The molecule has 0 saturated heterocycles. The van der Waals surface area contributed by atoms with Crippen LogP contribution < -0.4 is 16.1 Å². The third kappa shape index (κ3) is 5.16. The van der Waals surface area contributed by atoms with E-state index in [9.17, 15) is 9.59 Å². The summed E-state index contributed by atoms with van der Waals surface area (Å²) in [4.78, 5) is 34.2. The number of nitrogens with zero attached hydrogens (tertiary/aromatic N) is 4. The third-order valence-corrected chi connectivity index (χ3v) is 5.69. The van der Waals surface area contributed by atoms with Gasteiger partial charge in [0.25, 0.3) is 5.91 Å². The van der Waals surface area contributed by atoms with Crippen LogP contribution >= 0.6 is 11.8 Å². The number of hydrogen-bond donors (Lipinski definition) is 2. The highest BCUT2D eigenvalue weighted by atomic mass is 32.2. The average molecular weight is 467 g/mol. The minimum absolute atomic E-state index is 0.0204. The number of rotatable bonds is 9. The molecule has 0 aliphatic carbocycles. The highest BCUT2D eigenvalue weighted by Gasteiger charge is 2.15. The monoisotopic (exact) mass is 466 g/mol. The maximum absolute atomic E-state index is 12.6. The van der Waals surface area contributed by atoms with E-state index in [1.807, 2.05) is 0 Å². The van der Waals surface area contributed by atoms with E-state index in [0.717, 1.165) is 24.2 Å². The van der Waals surface area contributed by atoms with Crippen LogP contribution in [0.15, 0.2) is 50.9 Å². The number of anilines is 1. The first-order valence-corrected chi connectivity index (χ1v) is 11.8. The zero-order valence-corrected chi connectivity index (χ0v) is 19.6. The number of thioether (sulfide) groups is 1. The second-order valence-electron chi connectivity index (χ2n) is 7.78. The Morgan fingerprint density at radius 3 is 2.79 bits per heavy atom. The summed E-state index contributed by atoms with van der Waals surface area (Å²) in [5.74, 6) is 0.288. The van der Waals surface area contributed by atoms with Crippen LogP contribution in [0.5, 0.6) is 0 Å². The third-order valence-electron chi connectivity index (χ3n) is 4.83. The Hall–Kier alpha value is -3.40. The lowest BCUT2D eigenvalue weighted by molar-refractivity contribution is 0.0925. The van der Waals surface area contributed by atoms with Crippen molar-refractivity contribution in [3.8, 4) is 0 Å². The van der Waals surface area contributed by atoms with Crippen molar-refractivity contribution in [2.24, 2.45) is 0 Å². The molecule has 172 valence electrons. The van der Waals surface area contributed by atoms with Gasteiger partial charge in [-0.25, -0.2) is 14.6 Å². The first-order valence-electron chi connectivity index (χ1n) is 10.9. The number of carbonyl (C=O) groups is 1. The largest absolute Gasteiger partial charge is 0.451 e. The Morgan fingerprint density at radius 2 is 2.00 bits per heavy atom. The van der Waals surface area contributed by atoms with Crippen LogP contribution in [-0.2, 0) is 6.54 Å². The molecule has 4 aromatic rings. The van der Waals surface area contributed by atoms with Crippen LogP contribution in [0, 0.1) is 0 Å². The topological polar surface area (TPSA) is 115 Å². The summed E-state index contributed by atoms with van der Waals surface area (Å²) in [6.07, 6.45) is 2.71. The van der Waals surface area contributed by atoms with Gasteiger partial charge in [-0.3, -0.25) is 9.59 Å². The summed E-state index contributed by atoms with van der Waals surface area (Å²) in [5, 5.41) is 12.9. The predicted octanol–water partition coefficient (Wildman–Crippen LogP) is 3.69. The molecule has 0 saturated carbocycles. The van der Waals surface area contributed by atoms with E-state index >= 15 is 0 Å². The Bertz CT molecular complexity index is 1350. The summed E-state index contributed by atoms with van der Waals surface area (Å²) < 4.78 is 7.35. The fourth-order valence-corrected chi connectivity index (χ4v) is 4.02. The molecule has 1 aromatic carbocycles. The molecule has 0 radical (unpaired) electrons. The number of para-hydroxylation sites is 1. The summed E-state index contributed by atoms with van der Waals surface area (Å²) in [6.45, 7) is 7.78. The van der Waals surface area contributed by atoms with E-state index in [2.05, 4.69) is 46.5 Å². The highest BCUT2D eigenvalue weighted by Crippen LogP contribution is 2.26. The second-order valence-corrected chi connectivity index (χ2v) is 9.32. The van der Waals surface area contributed by atoms with Crippen molar-refractivity contribution in [3.63, 3.8) is 0 Å². The smallest absolute Gasteiger partial charge is 0.287 e. The van der Waals surface area contributed by atoms with E-state index in [4.69, 9.17) is 4.42 Å². The van der Waals surface area contributed by atoms with Crippen LogP contribution in [0.1, 0.15) is 37.7 Å². The molecule has 0 fully saturated rings. The standard InChI is InChI=1S/C23H26N6O3S/c1-4-9-24-20-16-13-26-29(21(16)28-23(27-20)33-14(2)3)11-10-25-22(31)19-12-17(30)15-7-5-6-8-18(15)32-19/h5-8,12-14H,4,9-11H2,1-3H3,(H,25,31)(H,24,27,28). The SMILES string of the molecule is CCCNc1nc(SC(C)C)nc2c1cnn2CCNC(=O)c1cc(=O)c2ccccc2o1. The lowest BCUT2D eigenvalue weighted by Gasteiger charge is -2.10. The van der Waals surface area contributed by atoms with E-state index in [0.29, 0.717) is 40.1 Å². The predicted molar refractivity (Wildman–Crippen MR) is 130 cm³/mol. The number of hydrogen-bond acceptors (Lipinski definition) is 8. The fraction of sp³-hybridized carbons (Fsp3) is 0.348. The van der Waals surface area contributed by atoms with Crippen molar-refractivity contribution in [1.82, 2.24) is 25.1 Å². The van der Waals surface area contributed by atoms with E-state index in [-0.39, 0.29) is 11.2 Å². The van der Waals surface area contributed by atoms with Gasteiger partial charge in [-0.1, -0.05) is 44.7 Å². The lowest BCUT2D eigenvalue weighted by atomic mass is 10.2. The van der Waals surface area contributed by atoms with Crippen molar-refractivity contribution in [3.05, 3.63) is 52.5 Å². The molecule has 4 rings (SSSR count). The van der Waals surface area contributed by atoms with Gasteiger partial charge in [0.2, 0.25) is 0 Å². The molecule has 0 aliphatic rings. The van der Waals surface area contributed by atoms with E-state index < -0.39 is 5.91 Å². The highest BCUT2D eigenvalue weighted by molar-refractivity contribution is 7.99. The zero-order chi connectivity index (χ0) is 23.4. The average Bonchev–Trinajstić information content (AvgIpc) is 3.20. The van der Waals surface area contributed by atoms with Crippen LogP contribution in [0.3, 0.4) is 0 Å². The molecule has 9 nitrogen and oxygen atoms in total. The second kappa shape index (κ2) is 10.0. The number of nitrogens with one attached hydrogen (secondary N) is 2. The first-order chi connectivity index (χ1) is 16.0. The quantitative estimate of drug-likeness (QED) is 0.284. The number of amides is 1. The number of aromatic nitrogens is 4. The minimum Gasteiger partial charge on any atom is -0.451 e. The van der Waals surface area contributed by atoms with Gasteiger partial charge in [0.05, 0.1) is 23.5 Å². The first kappa shape index (κ1) is 22.8. The van der Waals surface area contributed by atoms with Gasteiger partial charge < -0.3 is 15.1 Å². The van der Waals surface area contributed by atoms with Crippen molar-refractivity contribution >= 4 is 45.5 Å². The van der Waals surface area contributed by atoms with Crippen LogP contribution in [-0.4, -0.2) is 44.0 Å². The number of benzene rings is 1. The summed E-state index contributed by atoms with van der Waals surface area (Å²) >= 11 is 1.59. The van der Waals surface area contributed by atoms with Gasteiger partial charge in [0, 0.05) is 24.4 Å². The molecule has 0 atom stereocenters. The molecule has 0 unspecified atom stereocenters. The van der Waals surface area contributed by atoms with Gasteiger partial charge in [-0.05, 0) is 18.6 Å². The Kier molecular flexibility index (Phi) is 6.93. The van der Waals surface area contributed by atoms with Crippen LogP contribution in [0.25, 0.3) is 22.0 Å². The van der Waals surface area contributed by atoms with E-state index in [1.54, 1.807) is 46.9 Å². The molecule has 3 heterocycles. The molecule has 0 bridgehead atoms.